The highest BCUT2D eigenvalue weighted by atomic mass is 16.8. The monoisotopic (exact) mass is 191 g/mol. The second kappa shape index (κ2) is 3.17. The summed E-state index contributed by atoms with van der Waals surface area (Å²) in [6.07, 6.45) is 0. The summed E-state index contributed by atoms with van der Waals surface area (Å²) >= 11 is 0. The molecule has 0 atom stereocenters. The Morgan fingerprint density at radius 2 is 1.50 bits per heavy atom. The molecular weight excluding hydrogens is 182 g/mol. The summed E-state index contributed by atoms with van der Waals surface area (Å²) < 4.78 is 0. The molecule has 0 aliphatic heterocycles. The van der Waals surface area contributed by atoms with Crippen LogP contribution in [0.1, 0.15) is 0 Å². The van der Waals surface area contributed by atoms with E-state index < -0.39 is 0 Å². The van der Waals surface area contributed by atoms with Gasteiger partial charge in [-0.15, -0.1) is 5.23 Å². The van der Waals surface area contributed by atoms with Gasteiger partial charge in [-0.25, -0.2) is 0 Å². The van der Waals surface area contributed by atoms with Crippen molar-refractivity contribution in [2.45, 2.75) is 0 Å². The molecule has 0 saturated carbocycles. The van der Waals surface area contributed by atoms with Crippen molar-refractivity contribution in [3.8, 4) is 5.75 Å². The Morgan fingerprint density at radius 3 is 2.21 bits per heavy atom. The van der Waals surface area contributed by atoms with Crippen molar-refractivity contribution < 1.29 is 15.5 Å². The summed E-state index contributed by atoms with van der Waals surface area (Å²) in [7, 11) is 0. The lowest BCUT2D eigenvalue weighted by atomic mass is 10.1. The minimum atomic E-state index is 0.0618. The van der Waals surface area contributed by atoms with Crippen molar-refractivity contribution in [1.29, 1.82) is 0 Å². The van der Waals surface area contributed by atoms with Gasteiger partial charge in [0, 0.05) is 0 Å². The van der Waals surface area contributed by atoms with Gasteiger partial charge in [0.1, 0.15) is 5.75 Å². The molecule has 0 aliphatic carbocycles. The van der Waals surface area contributed by atoms with Gasteiger partial charge in [-0.2, -0.15) is 0 Å². The van der Waals surface area contributed by atoms with Crippen LogP contribution in [0.3, 0.4) is 0 Å². The fourth-order valence-electron chi connectivity index (χ4n) is 1.34. The largest absolute Gasteiger partial charge is 0.508 e. The molecule has 0 spiro atoms. The number of fused-ring (bicyclic) bond motifs is 1. The SMILES string of the molecule is Oc1ccc2cc(N(O)O)ccc2c1. The zero-order valence-corrected chi connectivity index (χ0v) is 7.25. The number of hydrogen-bond donors (Lipinski definition) is 3. The Kier molecular flexibility index (Phi) is 1.99. The normalized spacial score (nSPS) is 10.4. The van der Waals surface area contributed by atoms with Crippen molar-refractivity contribution >= 4 is 16.5 Å². The minimum absolute atomic E-state index is 0.0618. The average molecular weight is 191 g/mol. The average Bonchev–Trinajstić information content (AvgIpc) is 2.16. The Balaban J connectivity index is 2.62. The summed E-state index contributed by atoms with van der Waals surface area (Å²) in [5, 5.41) is 28.5. The number of aromatic hydroxyl groups is 1. The molecule has 0 fully saturated rings. The van der Waals surface area contributed by atoms with E-state index in [9.17, 15) is 5.11 Å². The molecule has 2 rings (SSSR count). The molecule has 0 saturated heterocycles. The van der Waals surface area contributed by atoms with E-state index in [4.69, 9.17) is 10.4 Å². The van der Waals surface area contributed by atoms with Crippen LogP contribution in [0.25, 0.3) is 10.8 Å². The molecule has 2 aromatic rings. The molecule has 0 aromatic heterocycles. The quantitative estimate of drug-likeness (QED) is 0.604. The van der Waals surface area contributed by atoms with E-state index >= 15 is 0 Å². The second-order valence-corrected chi connectivity index (χ2v) is 3.01. The molecule has 0 unspecified atom stereocenters. The van der Waals surface area contributed by atoms with E-state index in [0.717, 1.165) is 10.8 Å². The summed E-state index contributed by atoms with van der Waals surface area (Å²) in [4.78, 5) is 0. The number of phenolic OH excluding ortho intramolecular Hbond substituents is 1. The summed E-state index contributed by atoms with van der Waals surface area (Å²) in [6, 6.07) is 9.71. The highest BCUT2D eigenvalue weighted by Gasteiger charge is 2.00. The summed E-state index contributed by atoms with van der Waals surface area (Å²) in [6.45, 7) is 0. The molecule has 4 heteroatoms. The first-order valence-electron chi connectivity index (χ1n) is 4.07. The Labute approximate surface area is 80.2 Å². The standard InChI is InChI=1S/C10H9NO3/c12-10-4-2-7-5-9(11(13)14)3-1-8(7)6-10/h1-6,12-14H. The van der Waals surface area contributed by atoms with E-state index in [0.29, 0.717) is 0 Å². The summed E-state index contributed by atoms with van der Waals surface area (Å²) in [5.74, 6) is 0.190. The van der Waals surface area contributed by atoms with Gasteiger partial charge in [0.2, 0.25) is 0 Å². The molecule has 0 aliphatic rings. The molecule has 4 nitrogen and oxygen atoms in total. The third-order valence-electron chi connectivity index (χ3n) is 2.04. The van der Waals surface area contributed by atoms with Crippen molar-refractivity contribution in [1.82, 2.24) is 0 Å². The molecule has 0 bridgehead atoms. The van der Waals surface area contributed by atoms with Crippen LogP contribution in [0, 0.1) is 0 Å². The molecule has 2 aromatic carbocycles. The van der Waals surface area contributed by atoms with Crippen molar-refractivity contribution in [3.63, 3.8) is 0 Å². The zero-order valence-electron chi connectivity index (χ0n) is 7.25. The van der Waals surface area contributed by atoms with Crippen molar-refractivity contribution in [2.75, 3.05) is 5.23 Å². The molecule has 0 amide bonds. The molecule has 3 N–H and O–H groups in total. The summed E-state index contributed by atoms with van der Waals surface area (Å²) in [5.41, 5.74) is 0.281. The maximum absolute atomic E-state index is 9.20. The maximum Gasteiger partial charge on any atom is 0.116 e. The fourth-order valence-corrected chi connectivity index (χ4v) is 1.34. The van der Waals surface area contributed by atoms with Crippen LogP contribution in [-0.2, 0) is 0 Å². The predicted molar refractivity (Wildman–Crippen MR) is 51.7 cm³/mol. The van der Waals surface area contributed by atoms with E-state index in [1.54, 1.807) is 36.4 Å². The number of nitrogens with zero attached hydrogens (tertiary/aromatic N) is 1. The third kappa shape index (κ3) is 1.48. The van der Waals surface area contributed by atoms with E-state index in [1.807, 2.05) is 0 Å². The van der Waals surface area contributed by atoms with Gasteiger partial charge in [0.15, 0.2) is 0 Å². The van der Waals surface area contributed by atoms with Gasteiger partial charge in [-0.05, 0) is 35.0 Å². The third-order valence-corrected chi connectivity index (χ3v) is 2.04. The van der Waals surface area contributed by atoms with Crippen molar-refractivity contribution in [3.05, 3.63) is 36.4 Å². The van der Waals surface area contributed by atoms with Crippen LogP contribution >= 0.6 is 0 Å². The number of anilines is 1. The first-order valence-corrected chi connectivity index (χ1v) is 4.07. The van der Waals surface area contributed by atoms with Crippen LogP contribution in [0.5, 0.6) is 5.75 Å². The van der Waals surface area contributed by atoms with Crippen LogP contribution in [0.4, 0.5) is 5.69 Å². The van der Waals surface area contributed by atoms with Gasteiger partial charge in [-0.3, -0.25) is 10.4 Å². The first-order chi connectivity index (χ1) is 6.66. The highest BCUT2D eigenvalue weighted by Crippen LogP contribution is 2.23. The first kappa shape index (κ1) is 8.80. The lowest BCUT2D eigenvalue weighted by Gasteiger charge is -2.08. The second-order valence-electron chi connectivity index (χ2n) is 3.01. The topological polar surface area (TPSA) is 63.9 Å². The predicted octanol–water partition coefficient (Wildman–Crippen LogP) is 2.13. The number of hydrogen-bond acceptors (Lipinski definition) is 4. The maximum atomic E-state index is 9.20. The number of benzene rings is 2. The zero-order chi connectivity index (χ0) is 10.1. The lowest BCUT2D eigenvalue weighted by molar-refractivity contribution is 0.0292. The van der Waals surface area contributed by atoms with Gasteiger partial charge in [-0.1, -0.05) is 12.1 Å². The van der Waals surface area contributed by atoms with Gasteiger partial charge >= 0.3 is 0 Å². The van der Waals surface area contributed by atoms with Crippen LogP contribution in [-0.4, -0.2) is 15.5 Å². The fraction of sp³-hybridized carbons (Fsp3) is 0. The highest BCUT2D eigenvalue weighted by molar-refractivity contribution is 5.86. The molecule has 14 heavy (non-hydrogen) atoms. The van der Waals surface area contributed by atoms with Gasteiger partial charge in [0.05, 0.1) is 5.69 Å². The van der Waals surface area contributed by atoms with E-state index in [-0.39, 0.29) is 16.7 Å². The smallest absolute Gasteiger partial charge is 0.116 e. The van der Waals surface area contributed by atoms with Gasteiger partial charge in [0.25, 0.3) is 0 Å². The van der Waals surface area contributed by atoms with Crippen LogP contribution in [0.2, 0.25) is 0 Å². The molecular formula is C10H9NO3. The van der Waals surface area contributed by atoms with E-state index in [2.05, 4.69) is 0 Å². The Hall–Kier alpha value is -1.78. The van der Waals surface area contributed by atoms with Gasteiger partial charge < -0.3 is 5.11 Å². The van der Waals surface area contributed by atoms with E-state index in [1.165, 1.54) is 0 Å². The molecule has 72 valence electrons. The lowest BCUT2D eigenvalue weighted by Crippen LogP contribution is -2.10. The van der Waals surface area contributed by atoms with Crippen molar-refractivity contribution in [2.24, 2.45) is 0 Å². The van der Waals surface area contributed by atoms with Crippen LogP contribution < -0.4 is 5.23 Å². The van der Waals surface area contributed by atoms with Crippen LogP contribution in [0.15, 0.2) is 36.4 Å². The molecule has 0 heterocycles. The Morgan fingerprint density at radius 1 is 0.857 bits per heavy atom. The number of phenols is 1. The Bertz CT molecular complexity index is 468. The number of rotatable bonds is 1. The molecule has 0 radical (unpaired) electrons. The minimum Gasteiger partial charge on any atom is -0.508 e.